The zero-order valence-corrected chi connectivity index (χ0v) is 17.6. The fourth-order valence-electron chi connectivity index (χ4n) is 3.09. The van der Waals surface area contributed by atoms with Gasteiger partial charge in [-0.25, -0.2) is 9.50 Å². The van der Waals surface area contributed by atoms with E-state index in [0.29, 0.717) is 17.5 Å². The van der Waals surface area contributed by atoms with Crippen LogP contribution in [0.5, 0.6) is 5.75 Å². The second-order valence-corrected chi connectivity index (χ2v) is 7.31. The molecule has 1 amide bonds. The molecule has 1 aromatic carbocycles. The summed E-state index contributed by atoms with van der Waals surface area (Å²) in [6, 6.07) is 7.68. The van der Waals surface area contributed by atoms with Gasteiger partial charge in [0.2, 0.25) is 11.1 Å². The molecule has 0 spiro atoms. The molecule has 1 unspecified atom stereocenters. The van der Waals surface area contributed by atoms with Crippen LogP contribution in [0.15, 0.2) is 29.4 Å². The minimum atomic E-state index is -0.102. The van der Waals surface area contributed by atoms with E-state index in [0.717, 1.165) is 28.3 Å². The van der Waals surface area contributed by atoms with E-state index in [2.05, 4.69) is 20.4 Å². The quantitative estimate of drug-likeness (QED) is 0.614. The number of carbonyl (C=O) groups is 1. The summed E-state index contributed by atoms with van der Waals surface area (Å²) in [6.07, 6.45) is 2.17. The Balaban J connectivity index is 1.73. The second-order valence-electron chi connectivity index (χ2n) is 6.54. The maximum Gasteiger partial charge on any atom is 0.253 e. The van der Waals surface area contributed by atoms with E-state index in [4.69, 9.17) is 4.74 Å². The first-order valence-corrected chi connectivity index (χ1v) is 10.4. The Hall–Kier alpha value is -2.61. The fourth-order valence-corrected chi connectivity index (χ4v) is 3.42. The Bertz CT molecular complexity index is 984. The summed E-state index contributed by atoms with van der Waals surface area (Å²) in [7, 11) is 0. The highest BCUT2D eigenvalue weighted by Crippen LogP contribution is 2.20. The molecule has 3 aromatic rings. The number of hydrogen-bond donors (Lipinski definition) is 1. The standard InChI is InChI=1S/C20H25N5O2S/c1-6-27-16-9-7-15(8-10-16)12(2)21-18(26)11-17-13(3)22-19-23-20(28-5)24-25(19)14(17)4/h7-10,12H,6,11H2,1-5H3,(H,21,26). The summed E-state index contributed by atoms with van der Waals surface area (Å²) < 4.78 is 7.17. The van der Waals surface area contributed by atoms with Crippen molar-refractivity contribution in [1.29, 1.82) is 0 Å². The highest BCUT2D eigenvalue weighted by molar-refractivity contribution is 7.98. The SMILES string of the molecule is CCOc1ccc(C(C)NC(=O)Cc2c(C)nc3nc(SC)nn3c2C)cc1. The lowest BCUT2D eigenvalue weighted by Crippen LogP contribution is -2.29. The Morgan fingerprint density at radius 1 is 1.25 bits per heavy atom. The molecule has 28 heavy (non-hydrogen) atoms. The van der Waals surface area contributed by atoms with Crippen LogP contribution < -0.4 is 10.1 Å². The van der Waals surface area contributed by atoms with Crippen molar-refractivity contribution in [2.45, 2.75) is 45.3 Å². The third kappa shape index (κ3) is 4.27. The molecule has 0 radical (unpaired) electrons. The van der Waals surface area contributed by atoms with E-state index >= 15 is 0 Å². The molecule has 0 aliphatic carbocycles. The Labute approximate surface area is 168 Å². The molecule has 0 aliphatic heterocycles. The number of aryl methyl sites for hydroxylation is 2. The normalized spacial score (nSPS) is 12.2. The van der Waals surface area contributed by atoms with Gasteiger partial charge in [0, 0.05) is 17.0 Å². The van der Waals surface area contributed by atoms with Gasteiger partial charge >= 0.3 is 0 Å². The topological polar surface area (TPSA) is 81.4 Å². The number of carbonyl (C=O) groups excluding carboxylic acids is 1. The van der Waals surface area contributed by atoms with Crippen molar-refractivity contribution in [3.8, 4) is 5.75 Å². The molecule has 2 heterocycles. The maximum atomic E-state index is 12.7. The molecule has 8 heteroatoms. The lowest BCUT2D eigenvalue weighted by Gasteiger charge is -2.16. The van der Waals surface area contributed by atoms with Crippen LogP contribution in [0.1, 0.15) is 42.4 Å². The lowest BCUT2D eigenvalue weighted by molar-refractivity contribution is -0.121. The molecule has 1 N–H and O–H groups in total. The van der Waals surface area contributed by atoms with Gasteiger partial charge in [-0.2, -0.15) is 4.98 Å². The van der Waals surface area contributed by atoms with Crippen LogP contribution in [0.4, 0.5) is 0 Å². The van der Waals surface area contributed by atoms with E-state index in [1.165, 1.54) is 11.8 Å². The van der Waals surface area contributed by atoms with Crippen molar-refractivity contribution in [2.24, 2.45) is 0 Å². The smallest absolute Gasteiger partial charge is 0.253 e. The van der Waals surface area contributed by atoms with E-state index in [9.17, 15) is 4.79 Å². The number of ether oxygens (including phenoxy) is 1. The number of thioether (sulfide) groups is 1. The third-order valence-corrected chi connectivity index (χ3v) is 5.16. The maximum absolute atomic E-state index is 12.7. The zero-order chi connectivity index (χ0) is 20.3. The average Bonchev–Trinajstić information content (AvgIpc) is 3.09. The van der Waals surface area contributed by atoms with Gasteiger partial charge in [-0.1, -0.05) is 23.9 Å². The van der Waals surface area contributed by atoms with E-state index in [1.807, 2.05) is 58.2 Å². The van der Waals surface area contributed by atoms with Gasteiger partial charge in [0.05, 0.1) is 19.1 Å². The molecule has 0 saturated carbocycles. The first-order valence-electron chi connectivity index (χ1n) is 9.21. The third-order valence-electron chi connectivity index (χ3n) is 4.62. The van der Waals surface area contributed by atoms with Crippen molar-refractivity contribution in [1.82, 2.24) is 24.9 Å². The monoisotopic (exact) mass is 399 g/mol. The summed E-state index contributed by atoms with van der Waals surface area (Å²) >= 11 is 1.47. The van der Waals surface area contributed by atoms with Gasteiger partial charge in [0.15, 0.2) is 0 Å². The molecular formula is C20H25N5O2S. The number of fused-ring (bicyclic) bond motifs is 1. The first kappa shape index (κ1) is 20.1. The predicted octanol–water partition coefficient (Wildman–Crippen LogP) is 3.28. The van der Waals surface area contributed by atoms with Crippen molar-refractivity contribution in [3.63, 3.8) is 0 Å². The largest absolute Gasteiger partial charge is 0.494 e. The van der Waals surface area contributed by atoms with Crippen LogP contribution in [0, 0.1) is 13.8 Å². The van der Waals surface area contributed by atoms with Crippen molar-refractivity contribution < 1.29 is 9.53 Å². The zero-order valence-electron chi connectivity index (χ0n) is 16.8. The van der Waals surface area contributed by atoms with Crippen LogP contribution in [0.3, 0.4) is 0 Å². The van der Waals surface area contributed by atoms with Gasteiger partial charge in [-0.3, -0.25) is 4.79 Å². The molecule has 0 aliphatic rings. The van der Waals surface area contributed by atoms with Crippen LogP contribution in [-0.2, 0) is 11.2 Å². The van der Waals surface area contributed by atoms with Crippen LogP contribution in [0.25, 0.3) is 5.78 Å². The number of nitrogens with one attached hydrogen (secondary N) is 1. The number of nitrogens with zero attached hydrogens (tertiary/aromatic N) is 4. The van der Waals surface area contributed by atoms with Crippen LogP contribution in [-0.4, -0.2) is 38.4 Å². The van der Waals surface area contributed by atoms with Gasteiger partial charge in [-0.15, -0.1) is 5.10 Å². The second kappa shape index (κ2) is 8.60. The molecule has 1 atom stereocenters. The molecule has 0 saturated heterocycles. The summed E-state index contributed by atoms with van der Waals surface area (Å²) in [6.45, 7) is 8.40. The number of amides is 1. The van der Waals surface area contributed by atoms with Crippen molar-refractivity contribution >= 4 is 23.4 Å². The minimum Gasteiger partial charge on any atom is -0.494 e. The van der Waals surface area contributed by atoms with E-state index in [-0.39, 0.29) is 18.4 Å². The van der Waals surface area contributed by atoms with Crippen molar-refractivity contribution in [3.05, 3.63) is 46.8 Å². The van der Waals surface area contributed by atoms with Crippen LogP contribution in [0.2, 0.25) is 0 Å². The lowest BCUT2D eigenvalue weighted by atomic mass is 10.1. The van der Waals surface area contributed by atoms with E-state index < -0.39 is 0 Å². The Morgan fingerprint density at radius 3 is 2.61 bits per heavy atom. The minimum absolute atomic E-state index is 0.0565. The molecule has 3 rings (SSSR count). The molecule has 2 aromatic heterocycles. The molecule has 0 fully saturated rings. The molecular weight excluding hydrogens is 374 g/mol. The van der Waals surface area contributed by atoms with Crippen LogP contribution >= 0.6 is 11.8 Å². The highest BCUT2D eigenvalue weighted by atomic mass is 32.2. The summed E-state index contributed by atoms with van der Waals surface area (Å²) in [5.41, 5.74) is 3.59. The first-order chi connectivity index (χ1) is 13.4. The fraction of sp³-hybridized carbons (Fsp3) is 0.400. The summed E-state index contributed by atoms with van der Waals surface area (Å²) in [5.74, 6) is 1.33. The number of benzene rings is 1. The number of aromatic nitrogens is 4. The molecule has 148 valence electrons. The molecule has 0 bridgehead atoms. The van der Waals surface area contributed by atoms with Gasteiger partial charge < -0.3 is 10.1 Å². The predicted molar refractivity (Wildman–Crippen MR) is 110 cm³/mol. The number of hydrogen-bond acceptors (Lipinski definition) is 6. The number of rotatable bonds is 7. The highest BCUT2D eigenvalue weighted by Gasteiger charge is 2.17. The summed E-state index contributed by atoms with van der Waals surface area (Å²) in [4.78, 5) is 21.5. The summed E-state index contributed by atoms with van der Waals surface area (Å²) in [5, 5.41) is 8.16. The van der Waals surface area contributed by atoms with Crippen molar-refractivity contribution in [2.75, 3.05) is 12.9 Å². The van der Waals surface area contributed by atoms with Gasteiger partial charge in [0.1, 0.15) is 5.75 Å². The van der Waals surface area contributed by atoms with Gasteiger partial charge in [0.25, 0.3) is 5.78 Å². The van der Waals surface area contributed by atoms with E-state index in [1.54, 1.807) is 4.52 Å². The Morgan fingerprint density at radius 2 is 1.96 bits per heavy atom. The molecule has 7 nitrogen and oxygen atoms in total. The average molecular weight is 400 g/mol. The Kier molecular flexibility index (Phi) is 6.18. The van der Waals surface area contributed by atoms with Gasteiger partial charge in [-0.05, 0) is 51.6 Å².